The minimum atomic E-state index is -1.36. The van der Waals surface area contributed by atoms with E-state index in [2.05, 4.69) is 155 Å². The summed E-state index contributed by atoms with van der Waals surface area (Å²) < 4.78 is 2.49. The van der Waals surface area contributed by atoms with E-state index in [1.165, 1.54) is 75.4 Å². The van der Waals surface area contributed by atoms with E-state index < -0.39 is 8.07 Å². The van der Waals surface area contributed by atoms with Gasteiger partial charge < -0.3 is 9.97 Å². The summed E-state index contributed by atoms with van der Waals surface area (Å²) in [4.78, 5) is 9.41. The number of fused-ring (bicyclic) bond motifs is 3. The summed E-state index contributed by atoms with van der Waals surface area (Å²) in [6.45, 7) is 14.1. The van der Waals surface area contributed by atoms with Gasteiger partial charge >= 0.3 is 0 Å². The second-order valence-corrected chi connectivity index (χ2v) is 22.4. The van der Waals surface area contributed by atoms with Gasteiger partial charge in [0.15, 0.2) is 0 Å². The van der Waals surface area contributed by atoms with Gasteiger partial charge in [-0.2, -0.15) is 11.3 Å². The first-order valence-electron chi connectivity index (χ1n) is 19.5. The Morgan fingerprint density at radius 2 is 1.50 bits per heavy atom. The van der Waals surface area contributed by atoms with Gasteiger partial charge in [0.1, 0.15) is 0 Å². The number of rotatable bonds is 8. The number of thiophene rings is 1. The average molecular weight is 921 g/mol. The number of pyridine rings is 2. The first kappa shape index (κ1) is 39.9. The normalized spacial score (nSPS) is 14.1. The molecule has 1 fully saturated rings. The Morgan fingerprint density at radius 3 is 2.22 bits per heavy atom. The molecule has 54 heavy (non-hydrogen) atoms. The summed E-state index contributed by atoms with van der Waals surface area (Å²) in [6, 6.07) is 43.6. The molecule has 0 saturated heterocycles. The molecule has 279 valence electrons. The van der Waals surface area contributed by atoms with E-state index in [-0.39, 0.29) is 20.1 Å². The predicted octanol–water partition coefficient (Wildman–Crippen LogP) is 13.6. The van der Waals surface area contributed by atoms with Crippen molar-refractivity contribution in [1.29, 1.82) is 0 Å². The van der Waals surface area contributed by atoms with E-state index in [4.69, 9.17) is 4.98 Å². The van der Waals surface area contributed by atoms with Gasteiger partial charge in [-0.1, -0.05) is 144 Å². The van der Waals surface area contributed by atoms with E-state index in [0.29, 0.717) is 11.8 Å². The van der Waals surface area contributed by atoms with Crippen molar-refractivity contribution >= 4 is 44.8 Å². The van der Waals surface area contributed by atoms with Crippen LogP contribution in [0, 0.1) is 24.0 Å². The van der Waals surface area contributed by atoms with Gasteiger partial charge in [-0.15, -0.1) is 59.7 Å². The van der Waals surface area contributed by atoms with Crippen molar-refractivity contribution in [1.82, 2.24) is 9.97 Å². The van der Waals surface area contributed by atoms with E-state index in [9.17, 15) is 0 Å². The first-order valence-corrected chi connectivity index (χ1v) is 23.8. The van der Waals surface area contributed by atoms with Crippen LogP contribution in [0.5, 0.6) is 0 Å². The van der Waals surface area contributed by atoms with Crippen LogP contribution in [0.25, 0.3) is 53.8 Å². The summed E-state index contributed by atoms with van der Waals surface area (Å²) in [7, 11) is -1.36. The van der Waals surface area contributed by atoms with Crippen LogP contribution >= 0.6 is 11.3 Å². The molecule has 5 heteroatoms. The monoisotopic (exact) mass is 921 g/mol. The van der Waals surface area contributed by atoms with Crippen molar-refractivity contribution in [3.63, 3.8) is 0 Å². The van der Waals surface area contributed by atoms with Crippen molar-refractivity contribution in [3.05, 3.63) is 139 Å². The van der Waals surface area contributed by atoms with Crippen molar-refractivity contribution in [2.75, 3.05) is 0 Å². The Hall–Kier alpha value is -3.73. The van der Waals surface area contributed by atoms with Crippen LogP contribution < -0.4 is 5.19 Å². The molecule has 8 rings (SSSR count). The number of hydrogen-bond donors (Lipinski definition) is 0. The molecule has 0 aliphatic heterocycles. The van der Waals surface area contributed by atoms with Gasteiger partial charge in [0.2, 0.25) is 0 Å². The van der Waals surface area contributed by atoms with Crippen LogP contribution in [-0.4, -0.2) is 18.0 Å². The largest absolute Gasteiger partial charge is 0.305 e. The molecule has 1 atom stereocenters. The molecule has 1 aliphatic rings. The predicted molar refractivity (Wildman–Crippen MR) is 232 cm³/mol. The van der Waals surface area contributed by atoms with Crippen molar-refractivity contribution in [3.8, 4) is 33.6 Å². The quantitative estimate of drug-likeness (QED) is 0.112. The van der Waals surface area contributed by atoms with Crippen LogP contribution in [0.15, 0.2) is 116 Å². The minimum absolute atomic E-state index is 0. The number of benzene rings is 4. The first-order chi connectivity index (χ1) is 25.6. The van der Waals surface area contributed by atoms with Gasteiger partial charge in [0.25, 0.3) is 0 Å². The van der Waals surface area contributed by atoms with Crippen LogP contribution in [0.2, 0.25) is 19.6 Å². The van der Waals surface area contributed by atoms with Crippen LogP contribution in [-0.2, 0) is 26.5 Å². The summed E-state index contributed by atoms with van der Waals surface area (Å²) in [5.74, 6) is 1.98. The zero-order chi connectivity index (χ0) is 37.0. The molecular formula is C49H52IrN2SSi-2. The zero-order valence-electron chi connectivity index (χ0n) is 32.6. The Labute approximate surface area is 341 Å². The molecule has 0 spiro atoms. The minimum Gasteiger partial charge on any atom is -0.305 e. The molecule has 1 saturated carbocycles. The van der Waals surface area contributed by atoms with Crippen molar-refractivity contribution in [2.24, 2.45) is 11.8 Å². The number of hydrogen-bond acceptors (Lipinski definition) is 3. The third-order valence-corrected chi connectivity index (χ3v) is 14.3. The SMILES string of the molecule is CC(C)C(C)c1ccnc(-c2[c-]c3sc4ccc(-c5ccccc5)cc4c3cc2)c1.C[Si](C)(C)c1cnc(-c2[c-]cccc2)cc1CC1CCCCC1.[Ir]. The fourth-order valence-electron chi connectivity index (χ4n) is 7.67. The number of aromatic nitrogens is 2. The molecule has 0 amide bonds. The second kappa shape index (κ2) is 17.8. The van der Waals surface area contributed by atoms with Crippen LogP contribution in [0.4, 0.5) is 0 Å². The van der Waals surface area contributed by atoms with Gasteiger partial charge in [0.05, 0.1) is 8.07 Å². The summed E-state index contributed by atoms with van der Waals surface area (Å²) in [5, 5.41) is 4.11. The summed E-state index contributed by atoms with van der Waals surface area (Å²) in [5.41, 5.74) is 9.66. The molecule has 1 radical (unpaired) electrons. The fourth-order valence-corrected chi connectivity index (χ4v) is 10.3. The Kier molecular flexibility index (Phi) is 13.2. The van der Waals surface area contributed by atoms with Crippen LogP contribution in [0.3, 0.4) is 0 Å². The zero-order valence-corrected chi connectivity index (χ0v) is 36.8. The molecular weight excluding hydrogens is 869 g/mol. The van der Waals surface area contributed by atoms with Gasteiger partial charge in [-0.25, -0.2) is 0 Å². The number of nitrogens with zero attached hydrogens (tertiary/aromatic N) is 2. The third-order valence-electron chi connectivity index (χ3n) is 11.1. The van der Waals surface area contributed by atoms with Crippen LogP contribution in [0.1, 0.15) is 69.9 Å². The van der Waals surface area contributed by atoms with E-state index in [1.54, 1.807) is 22.1 Å². The maximum absolute atomic E-state index is 4.77. The van der Waals surface area contributed by atoms with Gasteiger partial charge in [-0.05, 0) is 74.1 Å². The van der Waals surface area contributed by atoms with Gasteiger partial charge in [-0.3, -0.25) is 0 Å². The van der Waals surface area contributed by atoms with Gasteiger partial charge in [0, 0.05) is 37.2 Å². The Morgan fingerprint density at radius 1 is 0.741 bits per heavy atom. The average Bonchev–Trinajstić information content (AvgIpc) is 3.56. The molecule has 1 unspecified atom stereocenters. The molecule has 3 aromatic heterocycles. The molecule has 0 N–H and O–H groups in total. The standard InChI is InChI=1S/C28H24NS.C21H28NSi.Ir/c1-18(2)19(3)21-13-14-29-26(16-21)23-9-11-24-25-15-22(20-7-5-4-6-8-20)10-12-27(25)30-28(24)17-23;1-23(2,3)21-16-22-20(18-12-8-5-9-13-18)15-19(21)14-17-10-6-4-7-11-17;/h4-16,18-19H,1-3H3;5,8-9,12,15-17H,4,6-7,10-11,14H2,1-3H3;/q2*-1;. The maximum atomic E-state index is 4.77. The molecule has 0 bridgehead atoms. The Bertz CT molecular complexity index is 2290. The summed E-state index contributed by atoms with van der Waals surface area (Å²) in [6.07, 6.45) is 12.4. The summed E-state index contributed by atoms with van der Waals surface area (Å²) >= 11 is 1.81. The third kappa shape index (κ3) is 9.37. The van der Waals surface area contributed by atoms with E-state index >= 15 is 0 Å². The Balaban J connectivity index is 0.000000187. The fraction of sp³-hybridized carbons (Fsp3) is 0.306. The maximum Gasteiger partial charge on any atom is 0.0798 e. The smallest absolute Gasteiger partial charge is 0.0798 e. The molecule has 3 heterocycles. The second-order valence-electron chi connectivity index (χ2n) is 16.3. The van der Waals surface area contributed by atoms with Crippen molar-refractivity contribution in [2.45, 2.75) is 84.9 Å². The van der Waals surface area contributed by atoms with E-state index in [0.717, 1.165) is 28.4 Å². The topological polar surface area (TPSA) is 25.8 Å². The molecule has 7 aromatic rings. The molecule has 1 aliphatic carbocycles. The van der Waals surface area contributed by atoms with Crippen molar-refractivity contribution < 1.29 is 20.1 Å². The molecule has 2 nitrogen and oxygen atoms in total. The molecule has 4 aromatic carbocycles. The van der Waals surface area contributed by atoms with E-state index in [1.807, 2.05) is 18.3 Å².